The predicted octanol–water partition coefficient (Wildman–Crippen LogP) is 3.57. The normalized spacial score (nSPS) is 9.55. The van der Waals surface area contributed by atoms with E-state index in [0.717, 1.165) is 5.75 Å². The maximum absolute atomic E-state index is 3.67. The molecule has 0 saturated carbocycles. The van der Waals surface area contributed by atoms with Gasteiger partial charge in [-0.05, 0) is 46.9 Å². The number of thioether (sulfide) groups is 1. The molecule has 0 heterocycles. The highest BCUT2D eigenvalue weighted by atomic mass is 127. The zero-order chi connectivity index (χ0) is 8.10. The van der Waals surface area contributed by atoms with Gasteiger partial charge in [-0.15, -0.1) is 18.3 Å². The molecule has 0 bridgehead atoms. The van der Waals surface area contributed by atoms with Gasteiger partial charge in [0.05, 0.1) is 0 Å². The van der Waals surface area contributed by atoms with Crippen LogP contribution in [0.2, 0.25) is 0 Å². The van der Waals surface area contributed by atoms with Gasteiger partial charge in [-0.1, -0.05) is 6.08 Å². The molecule has 0 amide bonds. The van der Waals surface area contributed by atoms with E-state index in [1.165, 1.54) is 8.47 Å². The van der Waals surface area contributed by atoms with Crippen LogP contribution >= 0.6 is 34.4 Å². The van der Waals surface area contributed by atoms with Crippen LogP contribution in [0.4, 0.5) is 0 Å². The quantitative estimate of drug-likeness (QED) is 0.462. The van der Waals surface area contributed by atoms with Crippen molar-refractivity contribution in [2.24, 2.45) is 0 Å². The lowest BCUT2D eigenvalue weighted by atomic mass is 10.4. The monoisotopic (exact) mass is 276 g/mol. The average Bonchev–Trinajstić information content (AvgIpc) is 2.04. The summed E-state index contributed by atoms with van der Waals surface area (Å²) in [6, 6.07) is 8.50. The van der Waals surface area contributed by atoms with Gasteiger partial charge in [0.2, 0.25) is 0 Å². The van der Waals surface area contributed by atoms with Crippen molar-refractivity contribution < 1.29 is 0 Å². The zero-order valence-electron chi connectivity index (χ0n) is 6.09. The van der Waals surface area contributed by atoms with Crippen molar-refractivity contribution in [3.05, 3.63) is 40.5 Å². The van der Waals surface area contributed by atoms with Gasteiger partial charge in [0, 0.05) is 14.2 Å². The fourth-order valence-corrected chi connectivity index (χ4v) is 1.68. The Kier molecular flexibility index (Phi) is 4.01. The van der Waals surface area contributed by atoms with E-state index in [0.29, 0.717) is 0 Å². The fourth-order valence-electron chi connectivity index (χ4n) is 0.686. The van der Waals surface area contributed by atoms with Crippen molar-refractivity contribution >= 4 is 34.4 Å². The van der Waals surface area contributed by atoms with Crippen LogP contribution in [0.15, 0.2) is 41.8 Å². The Morgan fingerprint density at radius 1 is 1.36 bits per heavy atom. The maximum Gasteiger partial charge on any atom is 0.0158 e. The van der Waals surface area contributed by atoms with Gasteiger partial charge in [0.15, 0.2) is 0 Å². The van der Waals surface area contributed by atoms with Crippen LogP contribution in [-0.2, 0) is 0 Å². The fraction of sp³-hybridized carbons (Fsp3) is 0.111. The molecule has 2 heteroatoms. The van der Waals surface area contributed by atoms with Gasteiger partial charge in [-0.25, -0.2) is 0 Å². The number of benzene rings is 1. The predicted molar refractivity (Wildman–Crippen MR) is 60.1 cm³/mol. The summed E-state index contributed by atoms with van der Waals surface area (Å²) < 4.78 is 1.28. The molecular formula is C9H9IS. The molecule has 0 atom stereocenters. The van der Waals surface area contributed by atoms with E-state index in [9.17, 15) is 0 Å². The van der Waals surface area contributed by atoms with Crippen LogP contribution in [0.5, 0.6) is 0 Å². The topological polar surface area (TPSA) is 0 Å². The first kappa shape index (κ1) is 9.13. The highest BCUT2D eigenvalue weighted by Crippen LogP contribution is 2.18. The van der Waals surface area contributed by atoms with Crippen LogP contribution in [0.3, 0.4) is 0 Å². The Hall–Kier alpha value is 0.0400. The van der Waals surface area contributed by atoms with Crippen molar-refractivity contribution in [1.82, 2.24) is 0 Å². The van der Waals surface area contributed by atoms with Gasteiger partial charge < -0.3 is 0 Å². The van der Waals surface area contributed by atoms with Gasteiger partial charge in [0.25, 0.3) is 0 Å². The molecule has 58 valence electrons. The highest BCUT2D eigenvalue weighted by molar-refractivity contribution is 14.1. The Labute approximate surface area is 85.2 Å². The largest absolute Gasteiger partial charge is 0.122 e. The molecule has 1 aromatic carbocycles. The Bertz CT molecular complexity index is 228. The highest BCUT2D eigenvalue weighted by Gasteiger charge is 1.90. The molecule has 1 aromatic rings. The van der Waals surface area contributed by atoms with E-state index in [1.807, 2.05) is 17.8 Å². The van der Waals surface area contributed by atoms with Crippen molar-refractivity contribution in [2.45, 2.75) is 4.90 Å². The maximum atomic E-state index is 3.67. The summed E-state index contributed by atoms with van der Waals surface area (Å²) in [6.07, 6.45) is 1.92. The second-order valence-corrected chi connectivity index (χ2v) is 4.39. The van der Waals surface area contributed by atoms with Crippen LogP contribution in [0, 0.1) is 3.57 Å². The smallest absolute Gasteiger partial charge is 0.0158 e. The van der Waals surface area contributed by atoms with E-state index in [-0.39, 0.29) is 0 Å². The van der Waals surface area contributed by atoms with Crippen molar-refractivity contribution in [3.8, 4) is 0 Å². The van der Waals surface area contributed by atoms with Gasteiger partial charge >= 0.3 is 0 Å². The van der Waals surface area contributed by atoms with Crippen molar-refractivity contribution in [2.75, 3.05) is 5.75 Å². The van der Waals surface area contributed by atoms with Crippen LogP contribution in [-0.4, -0.2) is 5.75 Å². The summed E-state index contributed by atoms with van der Waals surface area (Å²) in [5.74, 6) is 0.987. The van der Waals surface area contributed by atoms with Crippen LogP contribution in [0.1, 0.15) is 0 Å². The summed E-state index contributed by atoms with van der Waals surface area (Å²) in [5, 5.41) is 0. The lowest BCUT2D eigenvalue weighted by Crippen LogP contribution is -1.73. The number of hydrogen-bond acceptors (Lipinski definition) is 1. The summed E-state index contributed by atoms with van der Waals surface area (Å²) >= 11 is 4.11. The minimum Gasteiger partial charge on any atom is -0.122 e. The van der Waals surface area contributed by atoms with Crippen molar-refractivity contribution in [3.63, 3.8) is 0 Å². The molecule has 0 spiro atoms. The molecule has 0 nitrogen and oxygen atoms in total. The van der Waals surface area contributed by atoms with Crippen LogP contribution < -0.4 is 0 Å². The lowest BCUT2D eigenvalue weighted by molar-refractivity contribution is 1.44. The average molecular weight is 276 g/mol. The molecule has 1 rings (SSSR count). The van der Waals surface area contributed by atoms with E-state index in [2.05, 4.69) is 53.4 Å². The van der Waals surface area contributed by atoms with Crippen molar-refractivity contribution in [1.29, 1.82) is 0 Å². The van der Waals surface area contributed by atoms with Gasteiger partial charge in [-0.2, -0.15) is 0 Å². The lowest BCUT2D eigenvalue weighted by Gasteiger charge is -1.96. The Morgan fingerprint density at radius 2 is 2.00 bits per heavy atom. The third-order valence-corrected chi connectivity index (χ3v) is 2.91. The van der Waals surface area contributed by atoms with E-state index >= 15 is 0 Å². The number of rotatable bonds is 3. The molecule has 0 aliphatic carbocycles. The number of hydrogen-bond donors (Lipinski definition) is 0. The summed E-state index contributed by atoms with van der Waals surface area (Å²) in [7, 11) is 0. The molecule has 0 unspecified atom stereocenters. The standard InChI is InChI=1S/C9H9IS/c1-2-7-11-9-5-3-8(10)4-6-9/h2-6H,1,7H2. The molecule has 0 saturated heterocycles. The van der Waals surface area contributed by atoms with Gasteiger partial charge in [-0.3, -0.25) is 0 Å². The van der Waals surface area contributed by atoms with E-state index < -0.39 is 0 Å². The molecule has 0 aromatic heterocycles. The molecule has 0 aliphatic heterocycles. The zero-order valence-corrected chi connectivity index (χ0v) is 9.06. The van der Waals surface area contributed by atoms with Gasteiger partial charge in [0.1, 0.15) is 0 Å². The summed E-state index contributed by atoms with van der Waals surface area (Å²) in [4.78, 5) is 1.31. The first-order valence-electron chi connectivity index (χ1n) is 3.32. The molecule has 0 radical (unpaired) electrons. The number of halogens is 1. The van der Waals surface area contributed by atoms with E-state index in [4.69, 9.17) is 0 Å². The second-order valence-electron chi connectivity index (χ2n) is 2.05. The third-order valence-electron chi connectivity index (χ3n) is 1.18. The third kappa shape index (κ3) is 3.29. The molecular weight excluding hydrogens is 267 g/mol. The van der Waals surface area contributed by atoms with Crippen LogP contribution in [0.25, 0.3) is 0 Å². The molecule has 11 heavy (non-hydrogen) atoms. The molecule has 0 N–H and O–H groups in total. The summed E-state index contributed by atoms with van der Waals surface area (Å²) in [5.41, 5.74) is 0. The first-order valence-corrected chi connectivity index (χ1v) is 5.38. The SMILES string of the molecule is C=CCSc1ccc(I)cc1. The minimum absolute atomic E-state index is 0.987. The Balaban J connectivity index is 2.58. The van der Waals surface area contributed by atoms with E-state index in [1.54, 1.807) is 0 Å². The molecule has 0 aliphatic rings. The minimum atomic E-state index is 0.987. The first-order chi connectivity index (χ1) is 5.33. The Morgan fingerprint density at radius 3 is 2.55 bits per heavy atom. The second kappa shape index (κ2) is 4.83. The summed E-state index contributed by atoms with van der Waals surface area (Å²) in [6.45, 7) is 3.67. The molecule has 0 fully saturated rings.